The van der Waals surface area contributed by atoms with E-state index in [4.69, 9.17) is 4.74 Å². The van der Waals surface area contributed by atoms with E-state index in [0.29, 0.717) is 13.0 Å². The average molecular weight is 344 g/mol. The number of rotatable bonds is 6. The molecule has 1 aliphatic heterocycles. The van der Waals surface area contributed by atoms with Gasteiger partial charge in [-0.1, -0.05) is 28.1 Å². The van der Waals surface area contributed by atoms with Crippen molar-refractivity contribution in [1.82, 2.24) is 5.32 Å². The second-order valence-corrected chi connectivity index (χ2v) is 5.91. The van der Waals surface area contributed by atoms with Crippen molar-refractivity contribution in [3.63, 3.8) is 0 Å². The number of ether oxygens (including phenoxy) is 1. The van der Waals surface area contributed by atoms with Gasteiger partial charge in [-0.2, -0.15) is 0 Å². The summed E-state index contributed by atoms with van der Waals surface area (Å²) in [6.07, 6.45) is 1.49. The molecule has 0 aromatic heterocycles. The Labute approximate surface area is 124 Å². The Morgan fingerprint density at radius 2 is 2.00 bits per heavy atom. The maximum absolute atomic E-state index is 11.5. The van der Waals surface area contributed by atoms with E-state index in [1.165, 1.54) is 0 Å². The van der Waals surface area contributed by atoms with Crippen LogP contribution in [0.25, 0.3) is 0 Å². The van der Waals surface area contributed by atoms with Gasteiger partial charge >= 0.3 is 0 Å². The molecule has 1 aliphatic rings. The quantitative estimate of drug-likeness (QED) is 0.637. The molecule has 6 heteroatoms. The number of benzene rings is 1. The molecule has 1 atom stereocenters. The summed E-state index contributed by atoms with van der Waals surface area (Å²) in [4.78, 5) is 22.5. The molecule has 2 rings (SSSR count). The molecule has 0 bridgehead atoms. The number of carbonyl (C=O) groups is 2. The number of thioether (sulfide) groups is 1. The zero-order valence-corrected chi connectivity index (χ0v) is 12.6. The highest BCUT2D eigenvalue weighted by atomic mass is 79.9. The first-order valence-corrected chi connectivity index (χ1v) is 7.93. The van der Waals surface area contributed by atoms with Crippen molar-refractivity contribution in [2.45, 2.75) is 18.9 Å². The number of alkyl halides is 1. The van der Waals surface area contributed by atoms with E-state index in [1.54, 1.807) is 0 Å². The Kier molecular flexibility index (Phi) is 5.27. The second-order valence-electron chi connectivity index (χ2n) is 4.14. The molecule has 1 aromatic carbocycles. The van der Waals surface area contributed by atoms with Gasteiger partial charge in [0.05, 0.1) is 6.61 Å². The molecule has 0 radical (unpaired) electrons. The van der Waals surface area contributed by atoms with Crippen LogP contribution in [0.1, 0.15) is 12.0 Å². The SMILES string of the molecule is O=C1NC(Cc2ccc(OCCCBr)cc2)C(=O)S1. The first-order chi connectivity index (χ1) is 9.19. The summed E-state index contributed by atoms with van der Waals surface area (Å²) in [5.41, 5.74) is 1.01. The molecule has 1 fully saturated rings. The van der Waals surface area contributed by atoms with Crippen molar-refractivity contribution in [3.8, 4) is 5.75 Å². The largest absolute Gasteiger partial charge is 0.494 e. The molecular weight excluding hydrogens is 330 g/mol. The van der Waals surface area contributed by atoms with Gasteiger partial charge in [0.25, 0.3) is 5.24 Å². The predicted molar refractivity (Wildman–Crippen MR) is 79.0 cm³/mol. The third-order valence-corrected chi connectivity index (χ3v) is 4.03. The number of halogens is 1. The maximum Gasteiger partial charge on any atom is 0.287 e. The second kappa shape index (κ2) is 6.96. The van der Waals surface area contributed by atoms with Gasteiger partial charge in [0.1, 0.15) is 11.8 Å². The lowest BCUT2D eigenvalue weighted by Gasteiger charge is -2.09. The molecule has 1 N–H and O–H groups in total. The minimum Gasteiger partial charge on any atom is -0.494 e. The topological polar surface area (TPSA) is 55.4 Å². The lowest BCUT2D eigenvalue weighted by Crippen LogP contribution is -2.30. The Morgan fingerprint density at radius 1 is 1.26 bits per heavy atom. The van der Waals surface area contributed by atoms with Gasteiger partial charge in [0.15, 0.2) is 0 Å². The van der Waals surface area contributed by atoms with Crippen LogP contribution in [0.3, 0.4) is 0 Å². The standard InChI is InChI=1S/C13H14BrNO3S/c14-6-1-7-18-10-4-2-9(3-5-10)8-11-12(16)19-13(17)15-11/h2-5,11H,1,6-8H2,(H,15,17). The molecule has 4 nitrogen and oxygen atoms in total. The fourth-order valence-corrected chi connectivity index (χ4v) is 2.63. The number of hydrogen-bond acceptors (Lipinski definition) is 4. The lowest BCUT2D eigenvalue weighted by molar-refractivity contribution is -0.112. The van der Waals surface area contributed by atoms with Crippen LogP contribution in [-0.2, 0) is 11.2 Å². The van der Waals surface area contributed by atoms with Gasteiger partial charge < -0.3 is 10.1 Å². The minimum absolute atomic E-state index is 0.109. The van der Waals surface area contributed by atoms with Crippen molar-refractivity contribution in [1.29, 1.82) is 0 Å². The fraction of sp³-hybridized carbons (Fsp3) is 0.385. The smallest absolute Gasteiger partial charge is 0.287 e. The molecule has 102 valence electrons. The van der Waals surface area contributed by atoms with Crippen LogP contribution < -0.4 is 10.1 Å². The summed E-state index contributed by atoms with van der Waals surface area (Å²) in [6.45, 7) is 0.679. The highest BCUT2D eigenvalue weighted by molar-refractivity contribution is 9.09. The lowest BCUT2D eigenvalue weighted by atomic mass is 10.1. The van der Waals surface area contributed by atoms with Crippen LogP contribution in [0.5, 0.6) is 5.75 Å². The maximum atomic E-state index is 11.5. The Hall–Kier alpha value is -1.01. The number of nitrogens with one attached hydrogen (secondary N) is 1. The number of hydrogen-bond donors (Lipinski definition) is 1. The van der Waals surface area contributed by atoms with Gasteiger partial charge in [0.2, 0.25) is 5.12 Å². The summed E-state index contributed by atoms with van der Waals surface area (Å²) in [7, 11) is 0. The van der Waals surface area contributed by atoms with Gasteiger partial charge in [-0.05, 0) is 24.1 Å². The summed E-state index contributed by atoms with van der Waals surface area (Å²) >= 11 is 4.09. The third-order valence-electron chi connectivity index (χ3n) is 2.68. The normalized spacial score (nSPS) is 18.5. The average Bonchev–Trinajstić information content (AvgIpc) is 2.70. The third kappa shape index (κ3) is 4.24. The highest BCUT2D eigenvalue weighted by Crippen LogP contribution is 2.20. The Morgan fingerprint density at radius 3 is 2.58 bits per heavy atom. The molecule has 0 saturated carbocycles. The van der Waals surface area contributed by atoms with E-state index >= 15 is 0 Å². The van der Waals surface area contributed by atoms with E-state index in [1.807, 2.05) is 24.3 Å². The van der Waals surface area contributed by atoms with E-state index in [0.717, 1.165) is 34.8 Å². The van der Waals surface area contributed by atoms with Crippen LogP contribution in [0, 0.1) is 0 Å². The molecule has 0 spiro atoms. The van der Waals surface area contributed by atoms with E-state index in [2.05, 4.69) is 21.2 Å². The molecule has 1 heterocycles. The first-order valence-electron chi connectivity index (χ1n) is 5.99. The molecule has 1 aromatic rings. The van der Waals surface area contributed by atoms with Crippen molar-refractivity contribution in [3.05, 3.63) is 29.8 Å². The van der Waals surface area contributed by atoms with E-state index in [-0.39, 0.29) is 10.4 Å². The summed E-state index contributed by atoms with van der Waals surface area (Å²) < 4.78 is 5.54. The van der Waals surface area contributed by atoms with Crippen LogP contribution in [0.15, 0.2) is 24.3 Å². The number of amides is 1. The number of carbonyl (C=O) groups excluding carboxylic acids is 2. The van der Waals surface area contributed by atoms with Crippen molar-refractivity contribution in [2.75, 3.05) is 11.9 Å². The molecular formula is C13H14BrNO3S. The molecule has 19 heavy (non-hydrogen) atoms. The van der Waals surface area contributed by atoms with E-state index in [9.17, 15) is 9.59 Å². The Bertz CT molecular complexity index is 463. The molecule has 1 amide bonds. The summed E-state index contributed by atoms with van der Waals surface area (Å²) in [5, 5.41) is 3.20. The van der Waals surface area contributed by atoms with Gasteiger partial charge in [0, 0.05) is 23.5 Å². The van der Waals surface area contributed by atoms with Gasteiger partial charge in [-0.3, -0.25) is 9.59 Å². The zero-order valence-electron chi connectivity index (χ0n) is 10.2. The summed E-state index contributed by atoms with van der Waals surface area (Å²) in [5.74, 6) is 0.820. The predicted octanol–water partition coefficient (Wildman–Crippen LogP) is 2.74. The van der Waals surface area contributed by atoms with Crippen molar-refractivity contribution in [2.24, 2.45) is 0 Å². The molecule has 0 aliphatic carbocycles. The van der Waals surface area contributed by atoms with Gasteiger partial charge in [-0.15, -0.1) is 0 Å². The van der Waals surface area contributed by atoms with Crippen molar-refractivity contribution < 1.29 is 14.3 Å². The van der Waals surface area contributed by atoms with E-state index < -0.39 is 6.04 Å². The van der Waals surface area contributed by atoms with Crippen molar-refractivity contribution >= 4 is 38.0 Å². The minimum atomic E-state index is -0.405. The zero-order chi connectivity index (χ0) is 13.7. The fourth-order valence-electron chi connectivity index (χ4n) is 1.73. The van der Waals surface area contributed by atoms with Crippen LogP contribution >= 0.6 is 27.7 Å². The van der Waals surface area contributed by atoms with Crippen LogP contribution in [-0.4, -0.2) is 28.3 Å². The molecule has 1 unspecified atom stereocenters. The summed E-state index contributed by atoms with van der Waals surface area (Å²) in [6, 6.07) is 7.21. The first kappa shape index (κ1) is 14.4. The monoisotopic (exact) mass is 343 g/mol. The van der Waals surface area contributed by atoms with Gasteiger partial charge in [-0.25, -0.2) is 0 Å². The van der Waals surface area contributed by atoms with Crippen LogP contribution in [0.4, 0.5) is 4.79 Å². The Balaban J connectivity index is 1.88. The highest BCUT2D eigenvalue weighted by Gasteiger charge is 2.31. The molecule has 1 saturated heterocycles. The van der Waals surface area contributed by atoms with Crippen LogP contribution in [0.2, 0.25) is 0 Å².